The van der Waals surface area contributed by atoms with Crippen LogP contribution >= 0.6 is 11.9 Å². The molecule has 0 bridgehead atoms. The molecule has 1 atom stereocenters. The Morgan fingerprint density at radius 3 is 2.82 bits per heavy atom. The Bertz CT molecular complexity index is 117. The van der Waals surface area contributed by atoms with Gasteiger partial charge in [-0.1, -0.05) is 25.8 Å². The van der Waals surface area contributed by atoms with Gasteiger partial charge in [-0.3, -0.25) is 0 Å². The Morgan fingerprint density at radius 2 is 2.27 bits per heavy atom. The molecular formula is C8H16FNS. The lowest BCUT2D eigenvalue weighted by molar-refractivity contribution is 0.212. The fourth-order valence-corrected chi connectivity index (χ4v) is 2.37. The third-order valence-electron chi connectivity index (χ3n) is 1.69. The summed E-state index contributed by atoms with van der Waals surface area (Å²) in [6, 6.07) is 0. The van der Waals surface area contributed by atoms with E-state index in [0.29, 0.717) is 11.8 Å². The maximum absolute atomic E-state index is 12.8. The van der Waals surface area contributed by atoms with Crippen LogP contribution in [0.2, 0.25) is 0 Å². The lowest BCUT2D eigenvalue weighted by atomic mass is 10.1. The fourth-order valence-electron chi connectivity index (χ4n) is 1.29. The van der Waals surface area contributed by atoms with Crippen LogP contribution in [0, 0.1) is 0 Å². The second-order valence-corrected chi connectivity index (χ2v) is 4.95. The van der Waals surface area contributed by atoms with Crippen molar-refractivity contribution in [1.29, 1.82) is 0 Å². The molecule has 11 heavy (non-hydrogen) atoms. The molecule has 1 fully saturated rings. The number of nitrogens with zero attached hydrogens (tertiary/aromatic N) is 1. The zero-order valence-electron chi connectivity index (χ0n) is 7.22. The minimum atomic E-state index is -0.588. The van der Waals surface area contributed by atoms with Crippen molar-refractivity contribution < 1.29 is 4.39 Å². The van der Waals surface area contributed by atoms with Crippen LogP contribution in [0.1, 0.15) is 26.7 Å². The van der Waals surface area contributed by atoms with E-state index in [9.17, 15) is 4.39 Å². The number of alkyl halides is 1. The zero-order valence-corrected chi connectivity index (χ0v) is 8.03. The molecule has 1 unspecified atom stereocenters. The quantitative estimate of drug-likeness (QED) is 0.596. The summed E-state index contributed by atoms with van der Waals surface area (Å²) in [5.74, 6) is 0. The van der Waals surface area contributed by atoms with Gasteiger partial charge in [0.2, 0.25) is 0 Å². The van der Waals surface area contributed by atoms with Gasteiger partial charge in [0.1, 0.15) is 6.17 Å². The van der Waals surface area contributed by atoms with Gasteiger partial charge in [0.15, 0.2) is 0 Å². The molecule has 1 aliphatic rings. The summed E-state index contributed by atoms with van der Waals surface area (Å²) in [5, 5.41) is 0.584. The Labute approximate surface area is 72.5 Å². The van der Waals surface area contributed by atoms with Crippen molar-refractivity contribution >= 4 is 11.9 Å². The van der Waals surface area contributed by atoms with Crippen molar-refractivity contribution in [2.24, 2.45) is 0 Å². The predicted molar refractivity (Wildman–Crippen MR) is 48.4 cm³/mol. The average molecular weight is 177 g/mol. The molecule has 0 saturated carbocycles. The molecule has 0 aliphatic carbocycles. The average Bonchev–Trinajstić information content (AvgIpc) is 1.85. The summed E-state index contributed by atoms with van der Waals surface area (Å²) >= 11 is 1.77. The highest BCUT2D eigenvalue weighted by Gasteiger charge is 2.19. The molecule has 1 aliphatic heterocycles. The molecule has 0 aromatic heterocycles. The smallest absolute Gasteiger partial charge is 0.114 e. The van der Waals surface area contributed by atoms with Gasteiger partial charge in [0.05, 0.1) is 0 Å². The summed E-state index contributed by atoms with van der Waals surface area (Å²) < 4.78 is 15.0. The minimum absolute atomic E-state index is 0.584. The van der Waals surface area contributed by atoms with Crippen molar-refractivity contribution in [2.75, 3.05) is 13.1 Å². The maximum Gasteiger partial charge on any atom is 0.114 e. The highest BCUT2D eigenvalue weighted by Crippen LogP contribution is 2.23. The second-order valence-electron chi connectivity index (χ2n) is 3.28. The molecule has 0 N–H and O–H groups in total. The fraction of sp³-hybridized carbons (Fsp3) is 1.00. The van der Waals surface area contributed by atoms with E-state index >= 15 is 0 Å². The van der Waals surface area contributed by atoms with Crippen LogP contribution in [0.25, 0.3) is 0 Å². The van der Waals surface area contributed by atoms with Crippen LogP contribution in [0.4, 0.5) is 4.39 Å². The molecule has 0 radical (unpaired) electrons. The number of piperidine rings is 1. The first-order chi connectivity index (χ1) is 5.18. The number of rotatable bonds is 2. The van der Waals surface area contributed by atoms with E-state index in [2.05, 4.69) is 18.2 Å². The monoisotopic (exact) mass is 177 g/mol. The van der Waals surface area contributed by atoms with E-state index in [0.717, 1.165) is 19.4 Å². The van der Waals surface area contributed by atoms with Gasteiger partial charge in [-0.05, 0) is 12.8 Å². The van der Waals surface area contributed by atoms with Gasteiger partial charge in [-0.15, -0.1) is 0 Å². The van der Waals surface area contributed by atoms with Crippen LogP contribution in [0.5, 0.6) is 0 Å². The Kier molecular flexibility index (Phi) is 3.66. The highest BCUT2D eigenvalue weighted by atomic mass is 32.2. The SMILES string of the molecule is CC(C)SN1CCCC(F)C1. The molecule has 1 saturated heterocycles. The molecule has 1 rings (SSSR count). The predicted octanol–water partition coefficient (Wildman–Crippen LogP) is 2.48. The Morgan fingerprint density at radius 1 is 1.55 bits per heavy atom. The van der Waals surface area contributed by atoms with Gasteiger partial charge in [0.25, 0.3) is 0 Å². The number of halogens is 1. The first-order valence-corrected chi connectivity index (χ1v) is 5.08. The topological polar surface area (TPSA) is 3.24 Å². The van der Waals surface area contributed by atoms with Crippen molar-refractivity contribution in [1.82, 2.24) is 4.31 Å². The van der Waals surface area contributed by atoms with Crippen LogP contribution < -0.4 is 0 Å². The molecule has 3 heteroatoms. The van der Waals surface area contributed by atoms with E-state index in [-0.39, 0.29) is 0 Å². The third-order valence-corrected chi connectivity index (χ3v) is 2.74. The molecule has 1 nitrogen and oxygen atoms in total. The first kappa shape index (κ1) is 9.33. The summed E-state index contributed by atoms with van der Waals surface area (Å²) in [4.78, 5) is 0. The molecule has 66 valence electrons. The molecule has 0 aromatic rings. The molecule has 0 aromatic carbocycles. The van der Waals surface area contributed by atoms with Gasteiger partial charge in [-0.2, -0.15) is 0 Å². The van der Waals surface area contributed by atoms with Gasteiger partial charge in [0, 0.05) is 18.3 Å². The summed E-state index contributed by atoms with van der Waals surface area (Å²) in [7, 11) is 0. The zero-order chi connectivity index (χ0) is 8.27. The largest absolute Gasteiger partial charge is 0.247 e. The second kappa shape index (κ2) is 4.31. The van der Waals surface area contributed by atoms with Crippen molar-refractivity contribution in [2.45, 2.75) is 38.1 Å². The van der Waals surface area contributed by atoms with Gasteiger partial charge < -0.3 is 0 Å². The normalized spacial score (nSPS) is 27.8. The molecular weight excluding hydrogens is 161 g/mol. The van der Waals surface area contributed by atoms with Crippen LogP contribution in [0.15, 0.2) is 0 Å². The summed E-state index contributed by atoms with van der Waals surface area (Å²) in [6.45, 7) is 5.98. The highest BCUT2D eigenvalue weighted by molar-refractivity contribution is 7.97. The first-order valence-electron chi connectivity index (χ1n) is 4.24. The lowest BCUT2D eigenvalue weighted by Crippen LogP contribution is -2.32. The van der Waals surface area contributed by atoms with Crippen molar-refractivity contribution in [3.8, 4) is 0 Å². The Balaban J connectivity index is 2.23. The van der Waals surface area contributed by atoms with Gasteiger partial charge in [-0.25, -0.2) is 8.70 Å². The van der Waals surface area contributed by atoms with Crippen molar-refractivity contribution in [3.05, 3.63) is 0 Å². The van der Waals surface area contributed by atoms with E-state index in [1.807, 2.05) is 0 Å². The summed E-state index contributed by atoms with van der Waals surface area (Å²) in [6.07, 6.45) is 1.19. The third kappa shape index (κ3) is 3.43. The molecule has 0 spiro atoms. The van der Waals surface area contributed by atoms with Gasteiger partial charge >= 0.3 is 0 Å². The number of hydrogen-bond acceptors (Lipinski definition) is 2. The Hall–Kier alpha value is 0.240. The standard InChI is InChI=1S/C8H16FNS/c1-7(2)11-10-5-3-4-8(9)6-10/h7-8H,3-6H2,1-2H3. The molecule has 0 amide bonds. The lowest BCUT2D eigenvalue weighted by Gasteiger charge is -2.28. The van der Waals surface area contributed by atoms with E-state index < -0.39 is 6.17 Å². The minimum Gasteiger partial charge on any atom is -0.247 e. The summed E-state index contributed by atoms with van der Waals surface area (Å²) in [5.41, 5.74) is 0. The van der Waals surface area contributed by atoms with E-state index in [4.69, 9.17) is 0 Å². The van der Waals surface area contributed by atoms with Crippen LogP contribution in [-0.4, -0.2) is 28.8 Å². The van der Waals surface area contributed by atoms with Crippen molar-refractivity contribution in [3.63, 3.8) is 0 Å². The molecule has 1 heterocycles. The van der Waals surface area contributed by atoms with Crippen LogP contribution in [-0.2, 0) is 0 Å². The number of hydrogen-bond donors (Lipinski definition) is 0. The van der Waals surface area contributed by atoms with E-state index in [1.165, 1.54) is 0 Å². The van der Waals surface area contributed by atoms with Crippen LogP contribution in [0.3, 0.4) is 0 Å². The van der Waals surface area contributed by atoms with E-state index in [1.54, 1.807) is 11.9 Å². The maximum atomic E-state index is 12.8.